The maximum atomic E-state index is 11.7. The molecule has 0 spiro atoms. The average molecular weight is 234 g/mol. The van der Waals surface area contributed by atoms with Crippen LogP contribution in [-0.4, -0.2) is 29.0 Å². The minimum atomic E-state index is -0.132. The third kappa shape index (κ3) is 3.15. The first-order valence-electron chi connectivity index (χ1n) is 6.13. The molecule has 1 aliphatic carbocycles. The van der Waals surface area contributed by atoms with Crippen LogP contribution in [0.2, 0.25) is 0 Å². The fourth-order valence-corrected chi connectivity index (χ4v) is 1.74. The zero-order valence-electron chi connectivity index (χ0n) is 10.1. The van der Waals surface area contributed by atoms with E-state index in [1.54, 1.807) is 6.20 Å². The summed E-state index contributed by atoms with van der Waals surface area (Å²) in [6.07, 6.45) is 6.84. The van der Waals surface area contributed by atoms with Crippen LogP contribution in [0.25, 0.3) is 0 Å². The second-order valence-electron chi connectivity index (χ2n) is 4.32. The zero-order valence-corrected chi connectivity index (χ0v) is 10.1. The molecule has 17 heavy (non-hydrogen) atoms. The molecule has 1 aromatic rings. The molecule has 5 nitrogen and oxygen atoms in total. The van der Waals surface area contributed by atoms with Crippen LogP contribution < -0.4 is 10.6 Å². The number of aromatic nitrogens is 2. The van der Waals surface area contributed by atoms with E-state index in [1.165, 1.54) is 25.5 Å². The van der Waals surface area contributed by atoms with E-state index in [1.807, 2.05) is 6.92 Å². The molecule has 0 atom stereocenters. The third-order valence-corrected chi connectivity index (χ3v) is 3.02. The van der Waals surface area contributed by atoms with Gasteiger partial charge < -0.3 is 10.6 Å². The van der Waals surface area contributed by atoms with E-state index in [0.29, 0.717) is 17.4 Å². The van der Waals surface area contributed by atoms with Crippen molar-refractivity contribution in [2.24, 2.45) is 5.92 Å². The topological polar surface area (TPSA) is 66.9 Å². The Balaban J connectivity index is 1.84. The number of carbonyl (C=O) groups excluding carboxylic acids is 1. The second-order valence-corrected chi connectivity index (χ2v) is 4.32. The molecule has 0 saturated heterocycles. The Bertz CT molecular complexity index is 373. The van der Waals surface area contributed by atoms with Crippen molar-refractivity contribution in [3.63, 3.8) is 0 Å². The van der Waals surface area contributed by atoms with Gasteiger partial charge in [0.2, 0.25) is 0 Å². The Kier molecular flexibility index (Phi) is 3.90. The van der Waals surface area contributed by atoms with Gasteiger partial charge in [-0.1, -0.05) is 6.42 Å². The van der Waals surface area contributed by atoms with Gasteiger partial charge in [-0.15, -0.1) is 0 Å². The summed E-state index contributed by atoms with van der Waals surface area (Å²) in [4.78, 5) is 19.9. The van der Waals surface area contributed by atoms with Gasteiger partial charge in [0, 0.05) is 13.1 Å². The van der Waals surface area contributed by atoms with Crippen LogP contribution in [0.4, 0.5) is 5.82 Å². The minimum absolute atomic E-state index is 0.132. The Labute approximate surface area is 101 Å². The lowest BCUT2D eigenvalue weighted by molar-refractivity contribution is 0.0933. The molecular weight excluding hydrogens is 216 g/mol. The second kappa shape index (κ2) is 5.61. The minimum Gasteiger partial charge on any atom is -0.369 e. The van der Waals surface area contributed by atoms with E-state index in [4.69, 9.17) is 0 Å². The van der Waals surface area contributed by atoms with Gasteiger partial charge >= 0.3 is 0 Å². The van der Waals surface area contributed by atoms with Crippen molar-refractivity contribution < 1.29 is 4.79 Å². The lowest BCUT2D eigenvalue weighted by Crippen LogP contribution is -2.32. The van der Waals surface area contributed by atoms with Crippen LogP contribution >= 0.6 is 0 Å². The van der Waals surface area contributed by atoms with Gasteiger partial charge in [-0.3, -0.25) is 4.79 Å². The Hall–Kier alpha value is -1.65. The highest BCUT2D eigenvalue weighted by molar-refractivity contribution is 5.91. The van der Waals surface area contributed by atoms with Gasteiger partial charge in [-0.05, 0) is 25.7 Å². The van der Waals surface area contributed by atoms with Gasteiger partial charge in [0.15, 0.2) is 0 Å². The predicted octanol–water partition coefficient (Wildman–Crippen LogP) is 1.44. The summed E-state index contributed by atoms with van der Waals surface area (Å²) in [6, 6.07) is 0. The molecule has 1 fully saturated rings. The molecule has 0 aromatic carbocycles. The van der Waals surface area contributed by atoms with Gasteiger partial charge in [0.25, 0.3) is 5.91 Å². The summed E-state index contributed by atoms with van der Waals surface area (Å²) in [6.45, 7) is 3.54. The molecule has 0 aliphatic heterocycles. The largest absolute Gasteiger partial charge is 0.369 e. The molecule has 2 N–H and O–H groups in total. The first kappa shape index (κ1) is 11.8. The summed E-state index contributed by atoms with van der Waals surface area (Å²) in [7, 11) is 0. The number of anilines is 1. The van der Waals surface area contributed by atoms with Crippen LogP contribution in [0.3, 0.4) is 0 Å². The molecule has 5 heteroatoms. The molecule has 0 radical (unpaired) electrons. The van der Waals surface area contributed by atoms with E-state index < -0.39 is 0 Å². The number of hydrogen-bond donors (Lipinski definition) is 2. The van der Waals surface area contributed by atoms with Crippen molar-refractivity contribution in [3.05, 3.63) is 18.1 Å². The van der Waals surface area contributed by atoms with Crippen molar-refractivity contribution in [2.75, 3.05) is 18.4 Å². The lowest BCUT2D eigenvalue weighted by Gasteiger charge is -2.25. The molecule has 1 heterocycles. The van der Waals surface area contributed by atoms with Gasteiger partial charge in [0.05, 0.1) is 12.4 Å². The standard InChI is InChI=1S/C12H18N4O/c1-2-13-11-8-14-10(7-15-11)12(17)16-6-9-4-3-5-9/h7-9H,2-6H2,1H3,(H,13,15)(H,16,17). The summed E-state index contributed by atoms with van der Waals surface area (Å²) >= 11 is 0. The molecular formula is C12H18N4O. The Morgan fingerprint density at radius 2 is 2.24 bits per heavy atom. The number of rotatable bonds is 5. The quantitative estimate of drug-likeness (QED) is 0.809. The molecule has 0 bridgehead atoms. The fraction of sp³-hybridized carbons (Fsp3) is 0.583. The summed E-state index contributed by atoms with van der Waals surface area (Å²) in [5.74, 6) is 1.23. The molecule has 1 aliphatic rings. The first-order chi connectivity index (χ1) is 8.29. The van der Waals surface area contributed by atoms with Crippen molar-refractivity contribution in [3.8, 4) is 0 Å². The Morgan fingerprint density at radius 1 is 1.41 bits per heavy atom. The number of carbonyl (C=O) groups is 1. The highest BCUT2D eigenvalue weighted by Gasteiger charge is 2.18. The summed E-state index contributed by atoms with van der Waals surface area (Å²) in [5, 5.41) is 5.93. The monoisotopic (exact) mass is 234 g/mol. The Morgan fingerprint density at radius 3 is 2.76 bits per heavy atom. The normalized spacial score (nSPS) is 15.1. The van der Waals surface area contributed by atoms with E-state index in [2.05, 4.69) is 20.6 Å². The summed E-state index contributed by atoms with van der Waals surface area (Å²) in [5.41, 5.74) is 0.381. The lowest BCUT2D eigenvalue weighted by atomic mass is 9.85. The van der Waals surface area contributed by atoms with Crippen molar-refractivity contribution in [1.82, 2.24) is 15.3 Å². The van der Waals surface area contributed by atoms with E-state index >= 15 is 0 Å². The maximum absolute atomic E-state index is 11.7. The van der Waals surface area contributed by atoms with E-state index in [0.717, 1.165) is 13.1 Å². The van der Waals surface area contributed by atoms with Crippen molar-refractivity contribution >= 4 is 11.7 Å². The maximum Gasteiger partial charge on any atom is 0.271 e. The zero-order chi connectivity index (χ0) is 12.1. The van der Waals surface area contributed by atoms with Crippen molar-refractivity contribution in [1.29, 1.82) is 0 Å². The van der Waals surface area contributed by atoms with Crippen LogP contribution in [0, 0.1) is 5.92 Å². The molecule has 0 unspecified atom stereocenters. The molecule has 2 rings (SSSR count). The van der Waals surface area contributed by atoms with Gasteiger partial charge in [0.1, 0.15) is 11.5 Å². The van der Waals surface area contributed by atoms with Crippen LogP contribution in [0.5, 0.6) is 0 Å². The van der Waals surface area contributed by atoms with Gasteiger partial charge in [-0.2, -0.15) is 0 Å². The molecule has 1 saturated carbocycles. The first-order valence-corrected chi connectivity index (χ1v) is 6.13. The van der Waals surface area contributed by atoms with Crippen LogP contribution in [-0.2, 0) is 0 Å². The molecule has 92 valence electrons. The van der Waals surface area contributed by atoms with Gasteiger partial charge in [-0.25, -0.2) is 9.97 Å². The van der Waals surface area contributed by atoms with E-state index in [-0.39, 0.29) is 5.91 Å². The summed E-state index contributed by atoms with van der Waals surface area (Å²) < 4.78 is 0. The number of nitrogens with zero attached hydrogens (tertiary/aromatic N) is 2. The van der Waals surface area contributed by atoms with Crippen molar-refractivity contribution in [2.45, 2.75) is 26.2 Å². The molecule has 1 aromatic heterocycles. The molecule has 1 amide bonds. The number of nitrogens with one attached hydrogen (secondary N) is 2. The predicted molar refractivity (Wildman–Crippen MR) is 65.9 cm³/mol. The number of hydrogen-bond acceptors (Lipinski definition) is 4. The van der Waals surface area contributed by atoms with Crippen LogP contribution in [0.1, 0.15) is 36.7 Å². The SMILES string of the molecule is CCNc1cnc(C(=O)NCC2CCC2)cn1. The van der Waals surface area contributed by atoms with E-state index in [9.17, 15) is 4.79 Å². The number of amides is 1. The highest BCUT2D eigenvalue weighted by Crippen LogP contribution is 2.25. The average Bonchev–Trinajstić information content (AvgIpc) is 2.28. The van der Waals surface area contributed by atoms with Crippen LogP contribution in [0.15, 0.2) is 12.4 Å². The third-order valence-electron chi connectivity index (χ3n) is 3.02. The smallest absolute Gasteiger partial charge is 0.271 e. The highest BCUT2D eigenvalue weighted by atomic mass is 16.1. The fourth-order valence-electron chi connectivity index (χ4n) is 1.74.